The number of hydrogen-bond donors (Lipinski definition) is 0. The molecule has 2 aliphatic carbocycles. The maximum absolute atomic E-state index is 11.7. The van der Waals surface area contributed by atoms with E-state index in [0.29, 0.717) is 5.41 Å². The van der Waals surface area contributed by atoms with Gasteiger partial charge in [0.1, 0.15) is 0 Å². The van der Waals surface area contributed by atoms with Crippen LogP contribution in [0.5, 0.6) is 0 Å². The van der Waals surface area contributed by atoms with Crippen LogP contribution in [-0.4, -0.2) is 6.10 Å². The summed E-state index contributed by atoms with van der Waals surface area (Å²) in [5, 5.41) is 11.7. The van der Waals surface area contributed by atoms with Crippen LogP contribution in [-0.2, 0) is 0 Å². The van der Waals surface area contributed by atoms with E-state index >= 15 is 0 Å². The molecule has 0 radical (unpaired) electrons. The minimum absolute atomic E-state index is 0.109. The second-order valence-corrected chi connectivity index (χ2v) is 5.10. The molecule has 2 rings (SSSR count). The molecular weight excluding hydrogens is 136 g/mol. The Labute approximate surface area is 68.8 Å². The fourth-order valence-corrected chi connectivity index (χ4v) is 3.13. The summed E-state index contributed by atoms with van der Waals surface area (Å²) < 4.78 is 0. The van der Waals surface area contributed by atoms with E-state index in [4.69, 9.17) is 0 Å². The highest BCUT2D eigenvalue weighted by Gasteiger charge is 2.57. The van der Waals surface area contributed by atoms with Crippen LogP contribution in [0.1, 0.15) is 40.0 Å². The fraction of sp³-hybridized carbons (Fsp3) is 1.00. The molecular formula is C10H17O-. The minimum atomic E-state index is -0.281. The quantitative estimate of drug-likeness (QED) is 0.518. The maximum Gasteiger partial charge on any atom is -0.0283 e. The number of rotatable bonds is 0. The molecule has 0 N–H and O–H groups in total. The van der Waals surface area contributed by atoms with E-state index in [1.165, 1.54) is 12.8 Å². The van der Waals surface area contributed by atoms with Crippen LogP contribution >= 0.6 is 0 Å². The number of hydrogen-bond acceptors (Lipinski definition) is 1. The van der Waals surface area contributed by atoms with Gasteiger partial charge in [0, 0.05) is 0 Å². The van der Waals surface area contributed by atoms with Gasteiger partial charge in [0.25, 0.3) is 0 Å². The van der Waals surface area contributed by atoms with Crippen molar-refractivity contribution in [1.82, 2.24) is 0 Å². The van der Waals surface area contributed by atoms with Gasteiger partial charge in [0.15, 0.2) is 0 Å². The first-order valence-electron chi connectivity index (χ1n) is 4.64. The minimum Gasteiger partial charge on any atom is -0.852 e. The SMILES string of the molecule is CC1(C)C2CCC1(C)C([O-])C2. The van der Waals surface area contributed by atoms with Gasteiger partial charge >= 0.3 is 0 Å². The molecule has 0 aliphatic heterocycles. The zero-order valence-electron chi connectivity index (χ0n) is 7.68. The van der Waals surface area contributed by atoms with E-state index in [-0.39, 0.29) is 11.5 Å². The summed E-state index contributed by atoms with van der Waals surface area (Å²) in [6.45, 7) is 6.75. The summed E-state index contributed by atoms with van der Waals surface area (Å²) in [7, 11) is 0. The molecule has 3 atom stereocenters. The Balaban J connectivity index is 2.40. The van der Waals surface area contributed by atoms with Crippen molar-refractivity contribution in [3.8, 4) is 0 Å². The van der Waals surface area contributed by atoms with Crippen molar-refractivity contribution in [1.29, 1.82) is 0 Å². The molecule has 1 nitrogen and oxygen atoms in total. The van der Waals surface area contributed by atoms with E-state index in [9.17, 15) is 5.11 Å². The van der Waals surface area contributed by atoms with Gasteiger partial charge in [0.2, 0.25) is 0 Å². The zero-order chi connectivity index (χ0) is 8.28. The first kappa shape index (κ1) is 7.60. The van der Waals surface area contributed by atoms with Crippen LogP contribution < -0.4 is 5.11 Å². The smallest absolute Gasteiger partial charge is 0.0283 e. The molecule has 2 fully saturated rings. The van der Waals surface area contributed by atoms with Gasteiger partial charge in [-0.3, -0.25) is 0 Å². The summed E-state index contributed by atoms with van der Waals surface area (Å²) in [6, 6.07) is 0. The van der Waals surface area contributed by atoms with Crippen molar-refractivity contribution in [3.63, 3.8) is 0 Å². The standard InChI is InChI=1S/C10H17O/c1-9(2)7-4-5-10(9,3)8(11)6-7/h7-8H,4-6H2,1-3H3/q-1. The Morgan fingerprint density at radius 3 is 2.09 bits per heavy atom. The Morgan fingerprint density at radius 2 is 1.91 bits per heavy atom. The molecule has 0 saturated heterocycles. The van der Waals surface area contributed by atoms with E-state index in [2.05, 4.69) is 20.8 Å². The first-order valence-corrected chi connectivity index (χ1v) is 4.64. The largest absolute Gasteiger partial charge is 0.852 e. The average molecular weight is 153 g/mol. The Hall–Kier alpha value is -0.0400. The van der Waals surface area contributed by atoms with Gasteiger partial charge in [-0.1, -0.05) is 27.2 Å². The molecule has 1 heteroatoms. The van der Waals surface area contributed by atoms with Crippen LogP contribution in [0.3, 0.4) is 0 Å². The third-order valence-electron chi connectivity index (χ3n) is 4.71. The summed E-state index contributed by atoms with van der Waals surface area (Å²) in [4.78, 5) is 0. The Bertz CT molecular complexity index is 185. The molecule has 64 valence electrons. The van der Waals surface area contributed by atoms with Crippen molar-refractivity contribution in [3.05, 3.63) is 0 Å². The molecule has 0 aromatic rings. The molecule has 0 spiro atoms. The topological polar surface area (TPSA) is 23.1 Å². The van der Waals surface area contributed by atoms with Crippen LogP contribution in [0.15, 0.2) is 0 Å². The molecule has 2 saturated carbocycles. The maximum atomic E-state index is 11.7. The molecule has 11 heavy (non-hydrogen) atoms. The van der Waals surface area contributed by atoms with Crippen molar-refractivity contribution in [2.24, 2.45) is 16.7 Å². The fourth-order valence-electron chi connectivity index (χ4n) is 3.13. The molecule has 0 aromatic carbocycles. The van der Waals surface area contributed by atoms with Crippen molar-refractivity contribution in [2.45, 2.75) is 46.1 Å². The third-order valence-corrected chi connectivity index (χ3v) is 4.71. The lowest BCUT2D eigenvalue weighted by molar-refractivity contribution is -0.446. The number of fused-ring (bicyclic) bond motifs is 2. The molecule has 2 bridgehead atoms. The normalized spacial score (nSPS) is 53.5. The van der Waals surface area contributed by atoms with Gasteiger partial charge in [0.05, 0.1) is 0 Å². The summed E-state index contributed by atoms with van der Waals surface area (Å²) in [5.74, 6) is 0.718. The molecule has 3 unspecified atom stereocenters. The van der Waals surface area contributed by atoms with Crippen molar-refractivity contribution < 1.29 is 5.11 Å². The average Bonchev–Trinajstić information content (AvgIpc) is 2.20. The van der Waals surface area contributed by atoms with Gasteiger partial charge in [-0.05, 0) is 29.6 Å². The second kappa shape index (κ2) is 1.82. The summed E-state index contributed by atoms with van der Waals surface area (Å²) in [6.07, 6.45) is 3.11. The van der Waals surface area contributed by atoms with Crippen molar-refractivity contribution in [2.75, 3.05) is 0 Å². The lowest BCUT2D eigenvalue weighted by atomic mass is 9.70. The van der Waals surface area contributed by atoms with E-state index in [1.54, 1.807) is 0 Å². The van der Waals surface area contributed by atoms with E-state index in [1.807, 2.05) is 0 Å². The Morgan fingerprint density at radius 1 is 1.27 bits per heavy atom. The van der Waals surface area contributed by atoms with Crippen LogP contribution in [0, 0.1) is 16.7 Å². The molecule has 2 aliphatic rings. The van der Waals surface area contributed by atoms with Crippen LogP contribution in [0.25, 0.3) is 0 Å². The highest BCUT2D eigenvalue weighted by Crippen LogP contribution is 2.64. The van der Waals surface area contributed by atoms with Gasteiger partial charge in [-0.15, -0.1) is 6.10 Å². The highest BCUT2D eigenvalue weighted by molar-refractivity contribution is 5.09. The first-order chi connectivity index (χ1) is 4.98. The molecule has 0 amide bonds. The van der Waals surface area contributed by atoms with E-state index < -0.39 is 0 Å². The monoisotopic (exact) mass is 153 g/mol. The predicted octanol–water partition coefficient (Wildman–Crippen LogP) is 1.56. The molecule has 0 aromatic heterocycles. The lowest BCUT2D eigenvalue weighted by Crippen LogP contribution is -2.43. The lowest BCUT2D eigenvalue weighted by Gasteiger charge is -2.43. The van der Waals surface area contributed by atoms with Gasteiger partial charge < -0.3 is 5.11 Å². The predicted molar refractivity (Wildman–Crippen MR) is 43.0 cm³/mol. The summed E-state index contributed by atoms with van der Waals surface area (Å²) in [5.41, 5.74) is 0.428. The van der Waals surface area contributed by atoms with Gasteiger partial charge in [-0.25, -0.2) is 0 Å². The Kier molecular flexibility index (Phi) is 1.26. The van der Waals surface area contributed by atoms with Crippen molar-refractivity contribution >= 4 is 0 Å². The summed E-state index contributed by atoms with van der Waals surface area (Å²) >= 11 is 0. The van der Waals surface area contributed by atoms with Gasteiger partial charge in [-0.2, -0.15) is 0 Å². The zero-order valence-corrected chi connectivity index (χ0v) is 7.68. The third kappa shape index (κ3) is 0.658. The van der Waals surface area contributed by atoms with Crippen LogP contribution in [0.4, 0.5) is 0 Å². The second-order valence-electron chi connectivity index (χ2n) is 5.10. The highest BCUT2D eigenvalue weighted by atomic mass is 16.3. The van der Waals surface area contributed by atoms with E-state index in [0.717, 1.165) is 12.3 Å². The van der Waals surface area contributed by atoms with Crippen LogP contribution in [0.2, 0.25) is 0 Å². The molecule has 0 heterocycles.